The number of hydrogen-bond acceptors (Lipinski definition) is 4. The second-order valence-corrected chi connectivity index (χ2v) is 5.86. The molecule has 6 nitrogen and oxygen atoms in total. The number of fused-ring (bicyclic) bond motifs is 1. The van der Waals surface area contributed by atoms with Crippen LogP contribution < -0.4 is 15.0 Å². The molecule has 0 unspecified atom stereocenters. The zero-order chi connectivity index (χ0) is 16.3. The van der Waals surface area contributed by atoms with Crippen molar-refractivity contribution >= 4 is 17.5 Å². The summed E-state index contributed by atoms with van der Waals surface area (Å²) in [5, 5.41) is 12.4. The first kappa shape index (κ1) is 16.1. The first-order valence-corrected chi connectivity index (χ1v) is 7.46. The van der Waals surface area contributed by atoms with Crippen molar-refractivity contribution in [1.82, 2.24) is 5.32 Å². The first-order valence-electron chi connectivity index (χ1n) is 7.46. The number of carbonyl (C=O) groups is 2. The van der Waals surface area contributed by atoms with Gasteiger partial charge in [-0.3, -0.25) is 14.5 Å². The Kier molecular flexibility index (Phi) is 4.59. The lowest BCUT2D eigenvalue weighted by atomic mass is 10.0. The van der Waals surface area contributed by atoms with Gasteiger partial charge in [-0.05, 0) is 32.4 Å². The molecule has 22 heavy (non-hydrogen) atoms. The van der Waals surface area contributed by atoms with Crippen molar-refractivity contribution in [1.29, 1.82) is 0 Å². The van der Waals surface area contributed by atoms with Crippen molar-refractivity contribution in [2.24, 2.45) is 0 Å². The van der Waals surface area contributed by atoms with Crippen LogP contribution in [0.2, 0.25) is 0 Å². The third kappa shape index (κ3) is 3.32. The van der Waals surface area contributed by atoms with Gasteiger partial charge in [0.05, 0.1) is 5.69 Å². The molecule has 0 fully saturated rings. The molecule has 0 bridgehead atoms. The Labute approximate surface area is 130 Å². The smallest absolute Gasteiger partial charge is 0.271 e. The van der Waals surface area contributed by atoms with E-state index in [0.717, 1.165) is 12.8 Å². The monoisotopic (exact) mass is 306 g/mol. The molecule has 2 rings (SSSR count). The second-order valence-electron chi connectivity index (χ2n) is 5.86. The van der Waals surface area contributed by atoms with Gasteiger partial charge in [0.15, 0.2) is 5.60 Å². The molecule has 1 aliphatic heterocycles. The molecule has 120 valence electrons. The first-order chi connectivity index (χ1) is 10.3. The van der Waals surface area contributed by atoms with E-state index < -0.39 is 5.60 Å². The summed E-state index contributed by atoms with van der Waals surface area (Å²) < 4.78 is 5.66. The zero-order valence-electron chi connectivity index (χ0n) is 13.2. The molecule has 2 N–H and O–H groups in total. The number of nitrogens with one attached hydrogen (secondary N) is 1. The van der Waals surface area contributed by atoms with E-state index in [-0.39, 0.29) is 24.1 Å². The van der Waals surface area contributed by atoms with E-state index in [2.05, 4.69) is 5.32 Å². The molecule has 1 aliphatic rings. The molecule has 6 heteroatoms. The Morgan fingerprint density at radius 2 is 2.14 bits per heavy atom. The molecule has 0 aliphatic carbocycles. The van der Waals surface area contributed by atoms with Crippen LogP contribution in [-0.2, 0) is 9.59 Å². The Balaban J connectivity index is 2.23. The van der Waals surface area contributed by atoms with Crippen molar-refractivity contribution in [2.75, 3.05) is 18.0 Å². The van der Waals surface area contributed by atoms with E-state index in [1.54, 1.807) is 19.9 Å². The van der Waals surface area contributed by atoms with Crippen LogP contribution >= 0.6 is 0 Å². The van der Waals surface area contributed by atoms with Crippen LogP contribution in [0.1, 0.15) is 33.6 Å². The predicted molar refractivity (Wildman–Crippen MR) is 83.1 cm³/mol. The minimum Gasteiger partial charge on any atom is -0.508 e. The van der Waals surface area contributed by atoms with Crippen LogP contribution in [0, 0.1) is 0 Å². The lowest BCUT2D eigenvalue weighted by Gasteiger charge is -2.38. The summed E-state index contributed by atoms with van der Waals surface area (Å²) >= 11 is 0. The van der Waals surface area contributed by atoms with Crippen LogP contribution in [0.5, 0.6) is 11.5 Å². The fourth-order valence-electron chi connectivity index (χ4n) is 2.32. The van der Waals surface area contributed by atoms with Crippen molar-refractivity contribution in [2.45, 2.75) is 39.2 Å². The van der Waals surface area contributed by atoms with Gasteiger partial charge in [-0.15, -0.1) is 0 Å². The normalized spacial score (nSPS) is 16.0. The van der Waals surface area contributed by atoms with Crippen molar-refractivity contribution in [3.63, 3.8) is 0 Å². The Morgan fingerprint density at radius 3 is 2.82 bits per heavy atom. The van der Waals surface area contributed by atoms with E-state index in [1.807, 2.05) is 6.92 Å². The number of phenols is 1. The fraction of sp³-hybridized carbons (Fsp3) is 0.500. The van der Waals surface area contributed by atoms with E-state index >= 15 is 0 Å². The van der Waals surface area contributed by atoms with Crippen molar-refractivity contribution in [3.8, 4) is 11.5 Å². The molecule has 0 saturated carbocycles. The summed E-state index contributed by atoms with van der Waals surface area (Å²) in [6.45, 7) is 5.86. The van der Waals surface area contributed by atoms with E-state index in [4.69, 9.17) is 4.74 Å². The molecule has 1 aromatic rings. The number of amides is 2. The maximum Gasteiger partial charge on any atom is 0.271 e. The summed E-state index contributed by atoms with van der Waals surface area (Å²) in [4.78, 5) is 25.9. The molecule has 0 aromatic heterocycles. The second kappa shape index (κ2) is 6.25. The lowest BCUT2D eigenvalue weighted by Crippen LogP contribution is -2.55. The molecule has 1 aromatic carbocycles. The summed E-state index contributed by atoms with van der Waals surface area (Å²) in [7, 11) is 0. The highest BCUT2D eigenvalue weighted by Crippen LogP contribution is 2.39. The number of carbonyl (C=O) groups excluding carboxylic acids is 2. The van der Waals surface area contributed by atoms with Gasteiger partial charge in [-0.2, -0.15) is 0 Å². The highest BCUT2D eigenvalue weighted by atomic mass is 16.5. The van der Waals surface area contributed by atoms with Crippen LogP contribution in [0.4, 0.5) is 5.69 Å². The maximum absolute atomic E-state index is 12.5. The van der Waals surface area contributed by atoms with Crippen molar-refractivity contribution < 1.29 is 19.4 Å². The Hall–Kier alpha value is -2.24. The zero-order valence-corrected chi connectivity index (χ0v) is 13.2. The summed E-state index contributed by atoms with van der Waals surface area (Å²) in [5.41, 5.74) is -0.636. The van der Waals surface area contributed by atoms with E-state index in [0.29, 0.717) is 18.0 Å². The standard InChI is InChI=1S/C16H22N2O4/c1-4-5-8-17-14(20)10-18-12-9-11(19)6-7-13(12)22-16(2,3)15(18)21/h6-7,9,19H,4-5,8,10H2,1-3H3,(H,17,20). The molecule has 0 spiro atoms. The molecular weight excluding hydrogens is 284 g/mol. The van der Waals surface area contributed by atoms with Crippen LogP contribution in [-0.4, -0.2) is 35.6 Å². The Morgan fingerprint density at radius 1 is 1.41 bits per heavy atom. The molecule has 0 radical (unpaired) electrons. The summed E-state index contributed by atoms with van der Waals surface area (Å²) in [5.74, 6) is -0.0416. The third-order valence-electron chi connectivity index (χ3n) is 3.51. The van der Waals surface area contributed by atoms with Crippen LogP contribution in [0.25, 0.3) is 0 Å². The van der Waals surface area contributed by atoms with E-state index in [9.17, 15) is 14.7 Å². The highest BCUT2D eigenvalue weighted by Gasteiger charge is 2.41. The number of phenolic OH excluding ortho intramolecular Hbond substituents is 1. The largest absolute Gasteiger partial charge is 0.508 e. The third-order valence-corrected chi connectivity index (χ3v) is 3.51. The number of nitrogens with zero attached hydrogens (tertiary/aromatic N) is 1. The van der Waals surface area contributed by atoms with Crippen LogP contribution in [0.15, 0.2) is 18.2 Å². The van der Waals surface area contributed by atoms with Crippen molar-refractivity contribution in [3.05, 3.63) is 18.2 Å². The fourth-order valence-corrected chi connectivity index (χ4v) is 2.32. The van der Waals surface area contributed by atoms with Gasteiger partial charge in [0, 0.05) is 12.6 Å². The number of rotatable bonds is 5. The van der Waals surface area contributed by atoms with Crippen LogP contribution in [0.3, 0.4) is 0 Å². The average molecular weight is 306 g/mol. The minimum atomic E-state index is -1.05. The topological polar surface area (TPSA) is 78.9 Å². The predicted octanol–water partition coefficient (Wildman–Crippen LogP) is 1.81. The summed E-state index contributed by atoms with van der Waals surface area (Å²) in [6, 6.07) is 4.52. The quantitative estimate of drug-likeness (QED) is 0.813. The number of unbranched alkanes of at least 4 members (excludes halogenated alkanes) is 1. The van der Waals surface area contributed by atoms with Gasteiger partial charge in [0.25, 0.3) is 5.91 Å². The van der Waals surface area contributed by atoms with Gasteiger partial charge >= 0.3 is 0 Å². The lowest BCUT2D eigenvalue weighted by molar-refractivity contribution is -0.134. The van der Waals surface area contributed by atoms with Gasteiger partial charge in [0.1, 0.15) is 18.0 Å². The number of hydrogen-bond donors (Lipinski definition) is 2. The average Bonchev–Trinajstić information content (AvgIpc) is 2.45. The van der Waals surface area contributed by atoms with Gasteiger partial charge < -0.3 is 15.2 Å². The molecular formula is C16H22N2O4. The Bertz CT molecular complexity index is 584. The van der Waals surface area contributed by atoms with Gasteiger partial charge in [-0.25, -0.2) is 0 Å². The summed E-state index contributed by atoms with van der Waals surface area (Å²) in [6.07, 6.45) is 1.88. The maximum atomic E-state index is 12.5. The van der Waals surface area contributed by atoms with Gasteiger partial charge in [0.2, 0.25) is 5.91 Å². The number of ether oxygens (including phenoxy) is 1. The molecule has 0 atom stereocenters. The number of benzene rings is 1. The highest BCUT2D eigenvalue weighted by molar-refractivity contribution is 6.05. The van der Waals surface area contributed by atoms with E-state index in [1.165, 1.54) is 17.0 Å². The van der Waals surface area contributed by atoms with Gasteiger partial charge in [-0.1, -0.05) is 13.3 Å². The molecule has 0 saturated heterocycles. The molecule has 1 heterocycles. The number of anilines is 1. The minimum absolute atomic E-state index is 0.0197. The molecule has 2 amide bonds. The number of aromatic hydroxyl groups is 1. The SMILES string of the molecule is CCCCNC(=O)CN1C(=O)C(C)(C)Oc2ccc(O)cc21.